The molecule has 0 aliphatic heterocycles. The third-order valence-corrected chi connectivity index (χ3v) is 4.78. The first-order valence-electron chi connectivity index (χ1n) is 6.76. The predicted octanol–water partition coefficient (Wildman–Crippen LogP) is 5.28. The summed E-state index contributed by atoms with van der Waals surface area (Å²) in [6, 6.07) is 11.0. The summed E-state index contributed by atoms with van der Waals surface area (Å²) in [5, 5.41) is 3.89. The monoisotopic (exact) mass is 410 g/mol. The van der Waals surface area contributed by atoms with E-state index in [1.54, 1.807) is 18.2 Å². The maximum absolute atomic E-state index is 12.0. The van der Waals surface area contributed by atoms with Crippen molar-refractivity contribution in [1.82, 2.24) is 4.98 Å². The van der Waals surface area contributed by atoms with E-state index < -0.39 is 0 Å². The van der Waals surface area contributed by atoms with Gasteiger partial charge >= 0.3 is 0 Å². The van der Waals surface area contributed by atoms with Crippen molar-refractivity contribution in [2.24, 2.45) is 0 Å². The van der Waals surface area contributed by atoms with Crippen molar-refractivity contribution in [3.8, 4) is 0 Å². The number of hydrogen-bond donors (Lipinski definition) is 1. The van der Waals surface area contributed by atoms with Gasteiger partial charge in [0, 0.05) is 15.6 Å². The zero-order valence-corrected chi connectivity index (χ0v) is 15.3. The van der Waals surface area contributed by atoms with Crippen LogP contribution in [0.3, 0.4) is 0 Å². The number of halogens is 2. The minimum Gasteiger partial charge on any atom is -0.431 e. The van der Waals surface area contributed by atoms with E-state index >= 15 is 0 Å². The number of oxazole rings is 1. The number of rotatable bonds is 4. The Morgan fingerprint density at radius 1 is 1.35 bits per heavy atom. The molecule has 23 heavy (non-hydrogen) atoms. The largest absolute Gasteiger partial charge is 0.431 e. The van der Waals surface area contributed by atoms with E-state index in [9.17, 15) is 4.79 Å². The van der Waals surface area contributed by atoms with Crippen LogP contribution in [0, 0.1) is 6.92 Å². The lowest BCUT2D eigenvalue weighted by atomic mass is 10.2. The molecule has 4 nitrogen and oxygen atoms in total. The molecular formula is C16H12BrClN2O2S. The molecule has 0 fully saturated rings. The summed E-state index contributed by atoms with van der Waals surface area (Å²) in [7, 11) is 0. The lowest BCUT2D eigenvalue weighted by Crippen LogP contribution is -2.14. The van der Waals surface area contributed by atoms with Gasteiger partial charge in [0.25, 0.3) is 5.22 Å². The van der Waals surface area contributed by atoms with Crippen molar-refractivity contribution in [3.05, 3.63) is 51.5 Å². The molecule has 1 amide bonds. The molecule has 1 N–H and O–H groups in total. The molecule has 0 saturated heterocycles. The van der Waals surface area contributed by atoms with Crippen LogP contribution in [0.5, 0.6) is 0 Å². The minimum absolute atomic E-state index is 0.125. The summed E-state index contributed by atoms with van der Waals surface area (Å²) in [4.78, 5) is 16.4. The number of carbonyl (C=O) groups excluding carboxylic acids is 1. The second-order valence-electron chi connectivity index (χ2n) is 4.91. The summed E-state index contributed by atoms with van der Waals surface area (Å²) < 4.78 is 6.42. The number of fused-ring (bicyclic) bond motifs is 1. The summed E-state index contributed by atoms with van der Waals surface area (Å²) in [6.07, 6.45) is 0. The Kier molecular flexibility index (Phi) is 4.94. The first-order valence-corrected chi connectivity index (χ1v) is 8.92. The van der Waals surface area contributed by atoms with Crippen molar-refractivity contribution in [2.45, 2.75) is 12.1 Å². The standard InChI is InChI=1S/C16H12BrClN2O2S/c1-9-2-4-12(11(17)6-9)19-15(21)8-23-16-20-13-5-3-10(18)7-14(13)22-16/h2-7H,8H2,1H3,(H,19,21). The zero-order valence-electron chi connectivity index (χ0n) is 12.1. The molecule has 7 heteroatoms. The van der Waals surface area contributed by atoms with Gasteiger partial charge in [0.2, 0.25) is 5.91 Å². The minimum atomic E-state index is -0.125. The second-order valence-corrected chi connectivity index (χ2v) is 7.13. The van der Waals surface area contributed by atoms with Gasteiger partial charge in [0.05, 0.1) is 11.4 Å². The number of nitrogens with one attached hydrogen (secondary N) is 1. The number of aromatic nitrogens is 1. The third kappa shape index (κ3) is 4.07. The van der Waals surface area contributed by atoms with E-state index in [4.69, 9.17) is 16.0 Å². The molecule has 2 aromatic carbocycles. The second kappa shape index (κ2) is 6.95. The van der Waals surface area contributed by atoms with Crippen molar-refractivity contribution in [2.75, 3.05) is 11.1 Å². The van der Waals surface area contributed by atoms with E-state index in [2.05, 4.69) is 26.2 Å². The SMILES string of the molecule is Cc1ccc(NC(=O)CSc2nc3ccc(Cl)cc3o2)c(Br)c1. The maximum atomic E-state index is 12.0. The molecule has 1 aromatic heterocycles. The van der Waals surface area contributed by atoms with E-state index in [1.807, 2.05) is 25.1 Å². The van der Waals surface area contributed by atoms with Crippen LogP contribution >= 0.6 is 39.3 Å². The van der Waals surface area contributed by atoms with Crippen LogP contribution in [-0.4, -0.2) is 16.6 Å². The van der Waals surface area contributed by atoms with Crippen LogP contribution in [0.2, 0.25) is 5.02 Å². The lowest BCUT2D eigenvalue weighted by molar-refractivity contribution is -0.113. The Labute approximate surface area is 150 Å². The highest BCUT2D eigenvalue weighted by Gasteiger charge is 2.11. The fourth-order valence-corrected chi connectivity index (χ4v) is 3.37. The van der Waals surface area contributed by atoms with Gasteiger partial charge in [-0.15, -0.1) is 0 Å². The summed E-state index contributed by atoms with van der Waals surface area (Å²) in [5.41, 5.74) is 3.19. The van der Waals surface area contributed by atoms with Gasteiger partial charge in [0.15, 0.2) is 5.58 Å². The van der Waals surface area contributed by atoms with Crippen LogP contribution in [-0.2, 0) is 4.79 Å². The van der Waals surface area contributed by atoms with E-state index in [1.165, 1.54) is 11.8 Å². The fourth-order valence-electron chi connectivity index (χ4n) is 1.97. The zero-order chi connectivity index (χ0) is 16.4. The molecule has 0 radical (unpaired) electrons. The van der Waals surface area contributed by atoms with Crippen LogP contribution in [0.25, 0.3) is 11.1 Å². The summed E-state index contributed by atoms with van der Waals surface area (Å²) >= 11 is 10.6. The van der Waals surface area contributed by atoms with Gasteiger partial charge in [-0.2, -0.15) is 0 Å². The maximum Gasteiger partial charge on any atom is 0.257 e. The van der Waals surface area contributed by atoms with Gasteiger partial charge in [-0.25, -0.2) is 4.98 Å². The molecule has 0 atom stereocenters. The molecule has 0 aliphatic carbocycles. The fraction of sp³-hybridized carbons (Fsp3) is 0.125. The average Bonchev–Trinajstić information content (AvgIpc) is 2.90. The lowest BCUT2D eigenvalue weighted by Gasteiger charge is -2.07. The highest BCUT2D eigenvalue weighted by Crippen LogP contribution is 2.27. The van der Waals surface area contributed by atoms with E-state index in [0.717, 1.165) is 21.2 Å². The number of hydrogen-bond acceptors (Lipinski definition) is 4. The Morgan fingerprint density at radius 3 is 2.96 bits per heavy atom. The number of benzene rings is 2. The van der Waals surface area contributed by atoms with Crippen molar-refractivity contribution >= 4 is 62.0 Å². The van der Waals surface area contributed by atoms with Gasteiger partial charge in [-0.3, -0.25) is 4.79 Å². The van der Waals surface area contributed by atoms with Crippen LogP contribution in [0.1, 0.15) is 5.56 Å². The Bertz CT molecular complexity index is 882. The van der Waals surface area contributed by atoms with E-state index in [0.29, 0.717) is 15.8 Å². The number of anilines is 1. The summed E-state index contributed by atoms with van der Waals surface area (Å²) in [6.45, 7) is 1.99. The topological polar surface area (TPSA) is 55.1 Å². The first kappa shape index (κ1) is 16.4. The Balaban J connectivity index is 1.63. The number of carbonyl (C=O) groups is 1. The van der Waals surface area contributed by atoms with Gasteiger partial charge in [-0.1, -0.05) is 29.4 Å². The average molecular weight is 412 g/mol. The number of thioether (sulfide) groups is 1. The molecule has 3 rings (SSSR count). The van der Waals surface area contributed by atoms with Crippen LogP contribution < -0.4 is 5.32 Å². The molecule has 0 spiro atoms. The molecule has 0 bridgehead atoms. The van der Waals surface area contributed by atoms with Crippen LogP contribution in [0.4, 0.5) is 5.69 Å². The quantitative estimate of drug-likeness (QED) is 0.593. The van der Waals surface area contributed by atoms with Gasteiger partial charge in [0.1, 0.15) is 5.52 Å². The Hall–Kier alpha value is -1.50. The number of aryl methyl sites for hydroxylation is 1. The molecule has 1 heterocycles. The molecular weight excluding hydrogens is 400 g/mol. The van der Waals surface area contributed by atoms with Crippen molar-refractivity contribution in [1.29, 1.82) is 0 Å². The Morgan fingerprint density at radius 2 is 2.17 bits per heavy atom. The third-order valence-electron chi connectivity index (χ3n) is 3.06. The highest BCUT2D eigenvalue weighted by atomic mass is 79.9. The molecule has 0 saturated carbocycles. The van der Waals surface area contributed by atoms with E-state index in [-0.39, 0.29) is 11.7 Å². The summed E-state index contributed by atoms with van der Waals surface area (Å²) in [5.74, 6) is 0.0841. The molecule has 3 aromatic rings. The normalized spacial score (nSPS) is 10.9. The first-order chi connectivity index (χ1) is 11.0. The van der Waals surface area contributed by atoms with Gasteiger partial charge in [-0.05, 0) is 52.7 Å². The highest BCUT2D eigenvalue weighted by molar-refractivity contribution is 9.10. The van der Waals surface area contributed by atoms with Crippen molar-refractivity contribution < 1.29 is 9.21 Å². The molecule has 118 valence electrons. The van der Waals surface area contributed by atoms with Gasteiger partial charge < -0.3 is 9.73 Å². The van der Waals surface area contributed by atoms with Crippen molar-refractivity contribution in [3.63, 3.8) is 0 Å². The van der Waals surface area contributed by atoms with Crippen LogP contribution in [0.15, 0.2) is 50.5 Å². The predicted molar refractivity (Wildman–Crippen MR) is 97.3 cm³/mol. The number of amides is 1. The molecule has 0 unspecified atom stereocenters. The smallest absolute Gasteiger partial charge is 0.257 e. The molecule has 0 aliphatic rings. The number of nitrogens with zero attached hydrogens (tertiary/aromatic N) is 1.